The van der Waals surface area contributed by atoms with E-state index in [-0.39, 0.29) is 38.7 Å². The van der Waals surface area contributed by atoms with Gasteiger partial charge in [0.05, 0.1) is 24.0 Å². The first-order chi connectivity index (χ1) is 17.3. The highest BCUT2D eigenvalue weighted by Gasteiger charge is 2.35. The minimum Gasteiger partial charge on any atom is -0.484 e. The van der Waals surface area contributed by atoms with Crippen LogP contribution >= 0.6 is 0 Å². The Morgan fingerprint density at radius 2 is 1.89 bits per heavy atom. The number of nitrogens with zero attached hydrogens (tertiary/aromatic N) is 10. The summed E-state index contributed by atoms with van der Waals surface area (Å²) in [5, 5.41) is 19.0. The maximum absolute atomic E-state index is 14.9. The Morgan fingerprint density at radius 3 is 2.54 bits per heavy atom. The second-order valence-electron chi connectivity index (χ2n) is 7.90. The number of piperidine rings is 1. The quantitative estimate of drug-likeness (QED) is 0.351. The number of aromatic nitrogens is 9. The molecule has 1 aliphatic heterocycles. The number of halogens is 5. The molecule has 0 spiro atoms. The maximum atomic E-state index is 14.9. The number of ether oxygens (including phenoxy) is 1. The van der Waals surface area contributed by atoms with E-state index in [0.29, 0.717) is 30.3 Å². The predicted molar refractivity (Wildman–Crippen MR) is 118 cm³/mol. The summed E-state index contributed by atoms with van der Waals surface area (Å²) in [7, 11) is 0. The molecule has 16 heteroatoms. The number of rotatable bonds is 6. The predicted octanol–water partition coefficient (Wildman–Crippen LogP) is 3.21. The lowest BCUT2D eigenvalue weighted by Crippen LogP contribution is -2.44. The van der Waals surface area contributed by atoms with Gasteiger partial charge in [0, 0.05) is 25.0 Å². The molecule has 37 heavy (non-hydrogen) atoms. The zero-order valence-electron chi connectivity index (χ0n) is 18.3. The summed E-state index contributed by atoms with van der Waals surface area (Å²) in [5.74, 6) is -0.633. The smallest absolute Gasteiger partial charge is 0.419 e. The van der Waals surface area contributed by atoms with Crippen molar-refractivity contribution in [1.82, 2.24) is 45.2 Å². The molecule has 1 fully saturated rings. The van der Waals surface area contributed by atoms with Crippen molar-refractivity contribution in [3.63, 3.8) is 0 Å². The highest BCUT2D eigenvalue weighted by Crippen LogP contribution is 2.30. The Hall–Kier alpha value is -4.24. The third kappa shape index (κ3) is 5.62. The minimum atomic E-state index is -4.55. The number of hydrogen-bond acceptors (Lipinski definition) is 9. The van der Waals surface area contributed by atoms with Gasteiger partial charge in [-0.05, 0) is 29.0 Å². The molecule has 4 heterocycles. The molecule has 0 bridgehead atoms. The lowest BCUT2D eigenvalue weighted by Gasteiger charge is -2.34. The number of hydrogen-bond donors (Lipinski definition) is 0. The first kappa shape index (κ1) is 25.8. The van der Waals surface area contributed by atoms with Crippen LogP contribution in [0.1, 0.15) is 31.1 Å². The molecule has 1 saturated heterocycles. The average Bonchev–Trinajstić information content (AvgIpc) is 3.55. The lowest BCUT2D eigenvalue weighted by molar-refractivity contribution is -0.138. The van der Waals surface area contributed by atoms with Crippen molar-refractivity contribution in [2.24, 2.45) is 0 Å². The van der Waals surface area contributed by atoms with Crippen LogP contribution in [0.5, 0.6) is 5.75 Å². The average molecular weight is 524 g/mol. The van der Waals surface area contributed by atoms with Crippen molar-refractivity contribution in [1.29, 1.82) is 0 Å². The van der Waals surface area contributed by atoms with Crippen LogP contribution < -0.4 is 9.64 Å². The van der Waals surface area contributed by atoms with Crippen LogP contribution in [0.4, 0.5) is 27.9 Å². The van der Waals surface area contributed by atoms with E-state index in [4.69, 9.17) is 4.74 Å². The number of tetrazole rings is 1. The SMILES string of the molecule is C.Fc1cc(-n2cnnn2)ccc1OCc1cnn([C@H]2CCN(c3ncc(C(F)(F)F)cn3)C[C@@H]2F)n1. The molecule has 3 aromatic heterocycles. The lowest BCUT2D eigenvalue weighted by atomic mass is 10.0. The third-order valence-corrected chi connectivity index (χ3v) is 5.51. The van der Waals surface area contributed by atoms with Crippen molar-refractivity contribution in [3.8, 4) is 11.4 Å². The van der Waals surface area contributed by atoms with Crippen LogP contribution in [-0.4, -0.2) is 64.4 Å². The third-order valence-electron chi connectivity index (χ3n) is 5.51. The zero-order valence-corrected chi connectivity index (χ0v) is 18.3. The first-order valence-corrected chi connectivity index (χ1v) is 10.6. The van der Waals surface area contributed by atoms with Gasteiger partial charge in [0.2, 0.25) is 5.95 Å². The van der Waals surface area contributed by atoms with Gasteiger partial charge < -0.3 is 9.64 Å². The van der Waals surface area contributed by atoms with E-state index in [1.807, 2.05) is 0 Å². The van der Waals surface area contributed by atoms with E-state index in [1.54, 1.807) is 6.07 Å². The van der Waals surface area contributed by atoms with E-state index in [9.17, 15) is 22.0 Å². The summed E-state index contributed by atoms with van der Waals surface area (Å²) < 4.78 is 74.2. The van der Waals surface area contributed by atoms with E-state index >= 15 is 0 Å². The molecule has 1 aromatic carbocycles. The molecular formula is C21H21F5N10O. The minimum absolute atomic E-state index is 0. The number of benzene rings is 1. The van der Waals surface area contributed by atoms with Gasteiger partial charge in [-0.25, -0.2) is 23.4 Å². The van der Waals surface area contributed by atoms with Gasteiger partial charge in [0.25, 0.3) is 0 Å². The van der Waals surface area contributed by atoms with Gasteiger partial charge in [-0.1, -0.05) is 7.43 Å². The first-order valence-electron chi connectivity index (χ1n) is 10.6. The molecule has 0 aliphatic carbocycles. The summed E-state index contributed by atoms with van der Waals surface area (Å²) in [4.78, 5) is 10.1. The molecule has 0 saturated carbocycles. The summed E-state index contributed by atoms with van der Waals surface area (Å²) in [5.41, 5.74) is -0.200. The molecule has 4 aromatic rings. The fraction of sp³-hybridized carbons (Fsp3) is 0.381. The highest BCUT2D eigenvalue weighted by atomic mass is 19.4. The summed E-state index contributed by atoms with van der Waals surface area (Å²) in [6, 6.07) is 3.52. The summed E-state index contributed by atoms with van der Waals surface area (Å²) in [6.45, 7) is 0.0568. The van der Waals surface area contributed by atoms with Crippen molar-refractivity contribution >= 4 is 5.95 Å². The molecule has 1 aliphatic rings. The normalized spacial score (nSPS) is 17.9. The largest absolute Gasteiger partial charge is 0.484 e. The molecule has 0 unspecified atom stereocenters. The molecule has 5 rings (SSSR count). The van der Waals surface area contributed by atoms with Crippen LogP contribution in [0, 0.1) is 5.82 Å². The van der Waals surface area contributed by atoms with Gasteiger partial charge >= 0.3 is 6.18 Å². The molecule has 0 N–H and O–H groups in total. The summed E-state index contributed by atoms with van der Waals surface area (Å²) in [6.07, 6.45) is -1.64. The molecule has 0 amide bonds. The van der Waals surface area contributed by atoms with Crippen LogP contribution in [0.2, 0.25) is 0 Å². The Bertz CT molecular complexity index is 1310. The maximum Gasteiger partial charge on any atom is 0.419 e. The fourth-order valence-corrected chi connectivity index (χ4v) is 3.68. The fourth-order valence-electron chi connectivity index (χ4n) is 3.68. The van der Waals surface area contributed by atoms with Gasteiger partial charge in [-0.2, -0.15) is 28.2 Å². The van der Waals surface area contributed by atoms with Gasteiger partial charge in [-0.3, -0.25) is 0 Å². The van der Waals surface area contributed by atoms with Crippen LogP contribution in [0.25, 0.3) is 5.69 Å². The Morgan fingerprint density at radius 1 is 1.11 bits per heavy atom. The highest BCUT2D eigenvalue weighted by molar-refractivity contribution is 5.37. The molecule has 11 nitrogen and oxygen atoms in total. The topological polar surface area (TPSA) is 113 Å². The molecule has 2 atom stereocenters. The van der Waals surface area contributed by atoms with Gasteiger partial charge in [-0.15, -0.1) is 5.10 Å². The molecule has 196 valence electrons. The molecule has 0 radical (unpaired) electrons. The standard InChI is InChI=1S/C20H17F5N10O.CH4/c21-15-5-14(34-11-28-31-32-34)1-2-18(15)36-10-13-8-29-35(30-13)17-3-4-33(9-16(17)22)19-26-6-12(7-27-19)20(23,24)25;/h1-2,5-8,11,16-17H,3-4,9-10H2;1H4/t16-,17-;/m0./s1. The van der Waals surface area contributed by atoms with Crippen molar-refractivity contribution < 1.29 is 26.7 Å². The summed E-state index contributed by atoms with van der Waals surface area (Å²) >= 11 is 0. The second kappa shape index (κ2) is 10.4. The number of alkyl halides is 4. The van der Waals surface area contributed by atoms with Crippen LogP contribution in [0.3, 0.4) is 0 Å². The van der Waals surface area contributed by atoms with E-state index in [2.05, 4.69) is 35.7 Å². The van der Waals surface area contributed by atoms with Crippen molar-refractivity contribution in [3.05, 3.63) is 60.2 Å². The monoisotopic (exact) mass is 524 g/mol. The van der Waals surface area contributed by atoms with Gasteiger partial charge in [0.15, 0.2) is 11.6 Å². The van der Waals surface area contributed by atoms with E-state index in [0.717, 1.165) is 0 Å². The zero-order chi connectivity index (χ0) is 25.3. The van der Waals surface area contributed by atoms with Crippen LogP contribution in [-0.2, 0) is 12.8 Å². The Balaban J connectivity index is 0.00000320. The second-order valence-corrected chi connectivity index (χ2v) is 7.90. The number of anilines is 1. The Labute approximate surface area is 206 Å². The Kier molecular flexibility index (Phi) is 7.26. The van der Waals surface area contributed by atoms with Crippen molar-refractivity contribution in [2.75, 3.05) is 18.0 Å². The molecular weight excluding hydrogens is 503 g/mol. The van der Waals surface area contributed by atoms with E-state index in [1.165, 1.54) is 39.0 Å². The van der Waals surface area contributed by atoms with Crippen LogP contribution in [0.15, 0.2) is 43.1 Å². The van der Waals surface area contributed by atoms with E-state index < -0.39 is 29.8 Å². The van der Waals surface area contributed by atoms with Crippen molar-refractivity contribution in [2.45, 2.75) is 38.8 Å². The van der Waals surface area contributed by atoms with Gasteiger partial charge in [0.1, 0.15) is 30.8 Å².